The van der Waals surface area contributed by atoms with E-state index in [4.69, 9.17) is 4.74 Å². The summed E-state index contributed by atoms with van der Waals surface area (Å²) in [6.07, 6.45) is -0.284. The van der Waals surface area contributed by atoms with Crippen LogP contribution < -0.4 is 4.74 Å². The van der Waals surface area contributed by atoms with Gasteiger partial charge in [0, 0.05) is 23.2 Å². The monoisotopic (exact) mass is 249 g/mol. The van der Waals surface area contributed by atoms with E-state index in [1.807, 2.05) is 43.5 Å². The van der Waals surface area contributed by atoms with E-state index in [0.717, 1.165) is 10.1 Å². The lowest BCUT2D eigenvalue weighted by atomic mass is 10.2. The van der Waals surface area contributed by atoms with Crippen molar-refractivity contribution in [3.05, 3.63) is 29.6 Å². The molecule has 0 saturated heterocycles. The zero-order valence-corrected chi connectivity index (χ0v) is 10.8. The van der Waals surface area contributed by atoms with Crippen LogP contribution in [0, 0.1) is 0 Å². The second kappa shape index (κ2) is 5.19. The fourth-order valence-corrected chi connectivity index (χ4v) is 2.50. The van der Waals surface area contributed by atoms with E-state index in [0.29, 0.717) is 18.8 Å². The summed E-state index contributed by atoms with van der Waals surface area (Å²) in [6, 6.07) is 7.74. The second-order valence-electron chi connectivity index (χ2n) is 3.63. The highest BCUT2D eigenvalue weighted by molar-refractivity contribution is 7.17. The molecule has 90 valence electrons. The normalized spacial score (nSPS) is 10.5. The summed E-state index contributed by atoms with van der Waals surface area (Å²) >= 11 is 1.64. The average molecular weight is 249 g/mol. The molecule has 0 saturated carbocycles. The highest BCUT2D eigenvalue weighted by atomic mass is 32.1. The molecule has 2 rings (SSSR count). The summed E-state index contributed by atoms with van der Waals surface area (Å²) in [7, 11) is 0. The minimum absolute atomic E-state index is 0.284. The van der Waals surface area contributed by atoms with Crippen LogP contribution in [-0.2, 0) is 0 Å². The van der Waals surface area contributed by atoms with E-state index in [1.54, 1.807) is 16.2 Å². The molecule has 1 heterocycles. The van der Waals surface area contributed by atoms with Gasteiger partial charge in [0.15, 0.2) is 0 Å². The lowest BCUT2D eigenvalue weighted by Crippen LogP contribution is -2.33. The van der Waals surface area contributed by atoms with Gasteiger partial charge in [-0.05, 0) is 37.4 Å². The van der Waals surface area contributed by atoms with Crippen molar-refractivity contribution in [2.75, 3.05) is 13.1 Å². The van der Waals surface area contributed by atoms with Gasteiger partial charge in [0.25, 0.3) is 0 Å². The molecule has 0 unspecified atom stereocenters. The first-order chi connectivity index (χ1) is 8.26. The molecular weight excluding hydrogens is 234 g/mol. The number of thiophene rings is 1. The number of amides is 1. The molecule has 0 aliphatic carbocycles. The quantitative estimate of drug-likeness (QED) is 0.829. The van der Waals surface area contributed by atoms with E-state index in [2.05, 4.69) is 0 Å². The van der Waals surface area contributed by atoms with Crippen molar-refractivity contribution in [2.24, 2.45) is 0 Å². The number of nitrogens with zero attached hydrogens (tertiary/aromatic N) is 1. The summed E-state index contributed by atoms with van der Waals surface area (Å²) in [4.78, 5) is 13.5. The molecule has 1 amide bonds. The lowest BCUT2D eigenvalue weighted by Gasteiger charge is -2.18. The molecule has 0 radical (unpaired) electrons. The minimum Gasteiger partial charge on any atom is -0.410 e. The number of fused-ring (bicyclic) bond motifs is 1. The summed E-state index contributed by atoms with van der Waals surface area (Å²) < 4.78 is 6.56. The van der Waals surface area contributed by atoms with Crippen LogP contribution in [0.4, 0.5) is 4.79 Å². The van der Waals surface area contributed by atoms with Crippen LogP contribution in [-0.4, -0.2) is 24.1 Å². The Hall–Kier alpha value is -1.55. The van der Waals surface area contributed by atoms with Gasteiger partial charge < -0.3 is 9.64 Å². The van der Waals surface area contributed by atoms with Crippen LogP contribution in [0.15, 0.2) is 29.6 Å². The Balaban J connectivity index is 2.23. The van der Waals surface area contributed by atoms with Crippen LogP contribution in [0.25, 0.3) is 10.1 Å². The average Bonchev–Trinajstić information content (AvgIpc) is 2.80. The van der Waals surface area contributed by atoms with Gasteiger partial charge in [-0.15, -0.1) is 11.3 Å². The SMILES string of the molecule is CCN(CC)C(=O)Oc1cccc2sccc12. The Bertz CT molecular complexity index is 517. The van der Waals surface area contributed by atoms with E-state index in [1.165, 1.54) is 0 Å². The molecule has 1 aromatic carbocycles. The molecule has 0 atom stereocenters. The van der Waals surface area contributed by atoms with E-state index >= 15 is 0 Å². The van der Waals surface area contributed by atoms with E-state index in [9.17, 15) is 4.79 Å². The van der Waals surface area contributed by atoms with E-state index < -0.39 is 0 Å². The van der Waals surface area contributed by atoms with Crippen LogP contribution in [0.3, 0.4) is 0 Å². The Morgan fingerprint density at radius 3 is 2.76 bits per heavy atom. The Morgan fingerprint density at radius 2 is 2.06 bits per heavy atom. The molecule has 2 aromatic rings. The minimum atomic E-state index is -0.284. The fourth-order valence-electron chi connectivity index (χ4n) is 1.70. The molecule has 0 spiro atoms. The lowest BCUT2D eigenvalue weighted by molar-refractivity contribution is 0.158. The molecule has 3 nitrogen and oxygen atoms in total. The van der Waals surface area contributed by atoms with Gasteiger partial charge in [0.2, 0.25) is 0 Å². The Labute approximate surface area is 105 Å². The molecular formula is C13H15NO2S. The zero-order chi connectivity index (χ0) is 12.3. The van der Waals surface area contributed by atoms with Gasteiger partial charge in [-0.2, -0.15) is 0 Å². The maximum Gasteiger partial charge on any atom is 0.415 e. The molecule has 4 heteroatoms. The summed E-state index contributed by atoms with van der Waals surface area (Å²) in [5, 5.41) is 3.00. The smallest absolute Gasteiger partial charge is 0.410 e. The first-order valence-corrected chi connectivity index (χ1v) is 6.57. The first kappa shape index (κ1) is 11.9. The third-order valence-corrected chi connectivity index (χ3v) is 3.56. The van der Waals surface area contributed by atoms with Crippen LogP contribution in [0.5, 0.6) is 5.75 Å². The Kier molecular flexibility index (Phi) is 3.64. The number of benzene rings is 1. The second-order valence-corrected chi connectivity index (χ2v) is 4.58. The summed E-state index contributed by atoms with van der Waals surface area (Å²) in [5.41, 5.74) is 0. The van der Waals surface area contributed by atoms with Crippen LogP contribution in [0.2, 0.25) is 0 Å². The molecule has 0 N–H and O–H groups in total. The number of hydrogen-bond donors (Lipinski definition) is 0. The van der Waals surface area contributed by atoms with Crippen molar-refractivity contribution >= 4 is 27.5 Å². The predicted octanol–water partition coefficient (Wildman–Crippen LogP) is 3.74. The van der Waals surface area contributed by atoms with Crippen LogP contribution in [0.1, 0.15) is 13.8 Å². The van der Waals surface area contributed by atoms with Crippen molar-refractivity contribution in [1.82, 2.24) is 4.90 Å². The molecule has 17 heavy (non-hydrogen) atoms. The highest BCUT2D eigenvalue weighted by Gasteiger charge is 2.13. The van der Waals surface area contributed by atoms with Crippen molar-refractivity contribution < 1.29 is 9.53 Å². The zero-order valence-electron chi connectivity index (χ0n) is 9.97. The number of ether oxygens (including phenoxy) is 1. The van der Waals surface area contributed by atoms with E-state index in [-0.39, 0.29) is 6.09 Å². The van der Waals surface area contributed by atoms with Gasteiger partial charge in [0.05, 0.1) is 0 Å². The maximum absolute atomic E-state index is 11.8. The first-order valence-electron chi connectivity index (χ1n) is 5.69. The molecule has 0 aliphatic heterocycles. The topological polar surface area (TPSA) is 29.5 Å². The number of carbonyl (C=O) groups excluding carboxylic acids is 1. The third-order valence-electron chi connectivity index (χ3n) is 2.67. The van der Waals surface area contributed by atoms with Gasteiger partial charge in [-0.3, -0.25) is 0 Å². The maximum atomic E-state index is 11.8. The molecule has 1 aromatic heterocycles. The summed E-state index contributed by atoms with van der Waals surface area (Å²) in [6.45, 7) is 5.20. The van der Waals surface area contributed by atoms with Gasteiger partial charge in [-0.25, -0.2) is 4.79 Å². The van der Waals surface area contributed by atoms with Gasteiger partial charge >= 0.3 is 6.09 Å². The number of rotatable bonds is 3. The number of hydrogen-bond acceptors (Lipinski definition) is 3. The molecule has 0 bridgehead atoms. The van der Waals surface area contributed by atoms with Crippen LogP contribution >= 0.6 is 11.3 Å². The van der Waals surface area contributed by atoms with Crippen molar-refractivity contribution in [2.45, 2.75) is 13.8 Å². The largest absolute Gasteiger partial charge is 0.415 e. The molecule has 0 fully saturated rings. The van der Waals surface area contributed by atoms with Crippen molar-refractivity contribution in [3.63, 3.8) is 0 Å². The highest BCUT2D eigenvalue weighted by Crippen LogP contribution is 2.29. The van der Waals surface area contributed by atoms with Crippen molar-refractivity contribution in [1.29, 1.82) is 0 Å². The Morgan fingerprint density at radius 1 is 1.29 bits per heavy atom. The standard InChI is InChI=1S/C13H15NO2S/c1-3-14(4-2)13(15)16-11-6-5-7-12-10(11)8-9-17-12/h5-9H,3-4H2,1-2H3. The number of carbonyl (C=O) groups is 1. The predicted molar refractivity (Wildman–Crippen MR) is 70.8 cm³/mol. The molecule has 0 aliphatic rings. The summed E-state index contributed by atoms with van der Waals surface area (Å²) in [5.74, 6) is 0.639. The fraction of sp³-hybridized carbons (Fsp3) is 0.308. The van der Waals surface area contributed by atoms with Gasteiger partial charge in [-0.1, -0.05) is 6.07 Å². The van der Waals surface area contributed by atoms with Crippen molar-refractivity contribution in [3.8, 4) is 5.75 Å². The third kappa shape index (κ3) is 2.42. The van der Waals surface area contributed by atoms with Gasteiger partial charge in [0.1, 0.15) is 5.75 Å².